The number of likely N-dealkylation sites (tertiary alicyclic amines) is 1. The number of hydrogen-bond donors (Lipinski definition) is 1. The molecule has 1 amide bonds. The Morgan fingerprint density at radius 3 is 2.67 bits per heavy atom. The van der Waals surface area contributed by atoms with E-state index < -0.39 is 5.79 Å². The van der Waals surface area contributed by atoms with Crippen LogP contribution in [0.3, 0.4) is 0 Å². The predicted molar refractivity (Wildman–Crippen MR) is 91.2 cm³/mol. The molecule has 6 nitrogen and oxygen atoms in total. The second-order valence-electron chi connectivity index (χ2n) is 6.09. The fourth-order valence-corrected chi connectivity index (χ4v) is 3.24. The number of ether oxygens (including phenoxy) is 3. The molecule has 0 bridgehead atoms. The van der Waals surface area contributed by atoms with Crippen molar-refractivity contribution in [3.05, 3.63) is 24.3 Å². The van der Waals surface area contributed by atoms with Gasteiger partial charge < -0.3 is 24.4 Å². The third kappa shape index (κ3) is 3.99. The zero-order chi connectivity index (χ0) is 16.8. The number of nitrogens with zero attached hydrogens (tertiary/aromatic N) is 1. The van der Waals surface area contributed by atoms with Crippen molar-refractivity contribution >= 4 is 11.6 Å². The van der Waals surface area contributed by atoms with E-state index in [1.165, 1.54) is 0 Å². The summed E-state index contributed by atoms with van der Waals surface area (Å²) in [5, 5.41) is 3.29. The molecule has 6 heteroatoms. The Morgan fingerprint density at radius 2 is 1.96 bits per heavy atom. The molecule has 2 aliphatic rings. The molecule has 0 atom stereocenters. The molecule has 1 aromatic carbocycles. The first kappa shape index (κ1) is 17.0. The zero-order valence-electron chi connectivity index (χ0n) is 14.3. The zero-order valence-corrected chi connectivity index (χ0v) is 14.3. The lowest BCUT2D eigenvalue weighted by molar-refractivity contribution is -0.187. The van der Waals surface area contributed by atoms with Gasteiger partial charge >= 0.3 is 0 Å². The molecular formula is C18H26N2O4. The second kappa shape index (κ2) is 7.85. The minimum absolute atomic E-state index is 0.171. The molecule has 2 fully saturated rings. The molecule has 1 spiro atoms. The third-order valence-corrected chi connectivity index (χ3v) is 4.53. The summed E-state index contributed by atoms with van der Waals surface area (Å²) < 4.78 is 17.0. The van der Waals surface area contributed by atoms with Crippen LogP contribution in [0.1, 0.15) is 26.2 Å². The summed E-state index contributed by atoms with van der Waals surface area (Å²) in [6.45, 7) is 5.91. The molecule has 1 aromatic rings. The smallest absolute Gasteiger partial charge is 0.224 e. The Bertz CT molecular complexity index is 548. The van der Waals surface area contributed by atoms with Crippen molar-refractivity contribution < 1.29 is 19.0 Å². The van der Waals surface area contributed by atoms with Crippen molar-refractivity contribution in [1.29, 1.82) is 0 Å². The number of hydrogen-bond acceptors (Lipinski definition) is 5. The van der Waals surface area contributed by atoms with E-state index in [1.54, 1.807) is 0 Å². The van der Waals surface area contributed by atoms with Crippen molar-refractivity contribution in [2.75, 3.05) is 44.8 Å². The standard InChI is InChI=1S/C18H26N2O4/c1-2-22-16-6-4-3-5-15(16)19-10-7-17(21)20-11-8-18(9-12-20)23-13-14-24-18/h3-6,19H,2,7-14H2,1H3. The highest BCUT2D eigenvalue weighted by atomic mass is 16.7. The van der Waals surface area contributed by atoms with Crippen LogP contribution in [-0.4, -0.2) is 56.0 Å². The summed E-state index contributed by atoms with van der Waals surface area (Å²) in [6.07, 6.45) is 1.99. The third-order valence-electron chi connectivity index (χ3n) is 4.53. The monoisotopic (exact) mass is 334 g/mol. The van der Waals surface area contributed by atoms with Crippen molar-refractivity contribution in [3.63, 3.8) is 0 Å². The largest absolute Gasteiger partial charge is 0.492 e. The number of carbonyl (C=O) groups is 1. The Balaban J connectivity index is 1.43. The first-order valence-electron chi connectivity index (χ1n) is 8.74. The van der Waals surface area contributed by atoms with Crippen molar-refractivity contribution in [2.45, 2.75) is 32.0 Å². The maximum atomic E-state index is 12.4. The van der Waals surface area contributed by atoms with Crippen molar-refractivity contribution in [3.8, 4) is 5.75 Å². The first-order chi connectivity index (χ1) is 11.7. The van der Waals surface area contributed by atoms with Gasteiger partial charge in [-0.2, -0.15) is 0 Å². The number of amides is 1. The van der Waals surface area contributed by atoms with Gasteiger partial charge in [-0.1, -0.05) is 12.1 Å². The number of anilines is 1. The topological polar surface area (TPSA) is 60.0 Å². The van der Waals surface area contributed by atoms with Gasteiger partial charge in [0.1, 0.15) is 5.75 Å². The van der Waals surface area contributed by atoms with Gasteiger partial charge in [0.25, 0.3) is 0 Å². The first-order valence-corrected chi connectivity index (χ1v) is 8.74. The van der Waals surface area contributed by atoms with E-state index in [-0.39, 0.29) is 5.91 Å². The minimum Gasteiger partial charge on any atom is -0.492 e. The highest BCUT2D eigenvalue weighted by Crippen LogP contribution is 2.31. The lowest BCUT2D eigenvalue weighted by Gasteiger charge is -2.37. The lowest BCUT2D eigenvalue weighted by Crippen LogP contribution is -2.47. The molecule has 0 aromatic heterocycles. The molecule has 2 saturated heterocycles. The van der Waals surface area contributed by atoms with Crippen LogP contribution in [0.5, 0.6) is 5.75 Å². The van der Waals surface area contributed by atoms with E-state index >= 15 is 0 Å². The molecule has 0 unspecified atom stereocenters. The van der Waals surface area contributed by atoms with Gasteiger partial charge in [0.2, 0.25) is 5.91 Å². The van der Waals surface area contributed by atoms with Gasteiger partial charge in [-0.05, 0) is 19.1 Å². The normalized spacial score (nSPS) is 19.5. The van der Waals surface area contributed by atoms with Crippen LogP contribution in [-0.2, 0) is 14.3 Å². The second-order valence-corrected chi connectivity index (χ2v) is 6.09. The number of piperidine rings is 1. The number of nitrogens with one attached hydrogen (secondary N) is 1. The number of benzene rings is 1. The highest BCUT2D eigenvalue weighted by molar-refractivity contribution is 5.77. The summed E-state index contributed by atoms with van der Waals surface area (Å²) in [7, 11) is 0. The molecule has 2 aliphatic heterocycles. The molecule has 3 rings (SSSR count). The van der Waals surface area contributed by atoms with Crippen LogP contribution in [0.15, 0.2) is 24.3 Å². The van der Waals surface area contributed by atoms with Crippen molar-refractivity contribution in [1.82, 2.24) is 4.90 Å². The Kier molecular flexibility index (Phi) is 5.58. The molecule has 1 N–H and O–H groups in total. The molecule has 0 saturated carbocycles. The van der Waals surface area contributed by atoms with Crippen LogP contribution in [0, 0.1) is 0 Å². The Hall–Kier alpha value is -1.79. The van der Waals surface area contributed by atoms with Gasteiger partial charge in [0.15, 0.2) is 5.79 Å². The van der Waals surface area contributed by atoms with Crippen LogP contribution >= 0.6 is 0 Å². The van der Waals surface area contributed by atoms with Gasteiger partial charge in [0.05, 0.1) is 25.5 Å². The SMILES string of the molecule is CCOc1ccccc1NCCC(=O)N1CCC2(CC1)OCCO2. The summed E-state index contributed by atoms with van der Waals surface area (Å²) in [4.78, 5) is 14.3. The molecular weight excluding hydrogens is 308 g/mol. The minimum atomic E-state index is -0.425. The molecule has 2 heterocycles. The summed E-state index contributed by atoms with van der Waals surface area (Å²) in [5.41, 5.74) is 0.928. The maximum absolute atomic E-state index is 12.4. The summed E-state index contributed by atoms with van der Waals surface area (Å²) >= 11 is 0. The number of carbonyl (C=O) groups excluding carboxylic acids is 1. The lowest BCUT2D eigenvalue weighted by atomic mass is 10.0. The van der Waals surface area contributed by atoms with Gasteiger partial charge in [-0.3, -0.25) is 4.79 Å². The van der Waals surface area contributed by atoms with E-state index in [0.717, 1.165) is 24.3 Å². The van der Waals surface area contributed by atoms with E-state index in [9.17, 15) is 4.79 Å². The van der Waals surface area contributed by atoms with Crippen LogP contribution < -0.4 is 10.1 Å². The number of para-hydroxylation sites is 2. The van der Waals surface area contributed by atoms with Crippen LogP contribution in [0.4, 0.5) is 5.69 Å². The Morgan fingerprint density at radius 1 is 1.25 bits per heavy atom. The summed E-state index contributed by atoms with van der Waals surface area (Å²) in [5.74, 6) is 0.568. The average Bonchev–Trinajstić information content (AvgIpc) is 3.05. The number of rotatable bonds is 6. The van der Waals surface area contributed by atoms with E-state index in [4.69, 9.17) is 14.2 Å². The molecule has 24 heavy (non-hydrogen) atoms. The fraction of sp³-hybridized carbons (Fsp3) is 0.611. The maximum Gasteiger partial charge on any atom is 0.224 e. The highest BCUT2D eigenvalue weighted by Gasteiger charge is 2.40. The molecule has 132 valence electrons. The summed E-state index contributed by atoms with van der Waals surface area (Å²) in [6, 6.07) is 7.80. The van der Waals surface area contributed by atoms with Crippen LogP contribution in [0.2, 0.25) is 0 Å². The fourth-order valence-electron chi connectivity index (χ4n) is 3.24. The Labute approximate surface area is 143 Å². The predicted octanol–water partition coefficient (Wildman–Crippen LogP) is 2.25. The quantitative estimate of drug-likeness (QED) is 0.865. The molecule has 0 aliphatic carbocycles. The van der Waals surface area contributed by atoms with Gasteiger partial charge in [0, 0.05) is 38.9 Å². The van der Waals surface area contributed by atoms with E-state index in [1.807, 2.05) is 36.1 Å². The van der Waals surface area contributed by atoms with E-state index in [2.05, 4.69) is 5.32 Å². The van der Waals surface area contributed by atoms with Crippen molar-refractivity contribution in [2.24, 2.45) is 0 Å². The van der Waals surface area contributed by atoms with E-state index in [0.29, 0.717) is 45.9 Å². The van der Waals surface area contributed by atoms with Gasteiger partial charge in [-0.15, -0.1) is 0 Å². The average molecular weight is 334 g/mol. The van der Waals surface area contributed by atoms with Crippen LogP contribution in [0.25, 0.3) is 0 Å². The van der Waals surface area contributed by atoms with Gasteiger partial charge in [-0.25, -0.2) is 0 Å². The molecule has 0 radical (unpaired) electrons.